The highest BCUT2D eigenvalue weighted by Crippen LogP contribution is 2.53. The molecule has 0 saturated carbocycles. The summed E-state index contributed by atoms with van der Waals surface area (Å²) in [4.78, 5) is 31.4. The summed E-state index contributed by atoms with van der Waals surface area (Å²) in [6, 6.07) is 0.943. The van der Waals surface area contributed by atoms with E-state index in [0.717, 1.165) is 0 Å². The molecule has 2 saturated heterocycles. The van der Waals surface area contributed by atoms with Crippen LogP contribution in [0.3, 0.4) is 0 Å². The maximum absolute atomic E-state index is 14.2. The second-order valence-electron chi connectivity index (χ2n) is 10.3. The van der Waals surface area contributed by atoms with Gasteiger partial charge in [-0.15, -0.1) is 11.3 Å². The Kier molecular flexibility index (Phi) is 8.17. The molecule has 16 heteroatoms. The minimum atomic E-state index is -5.87. The third-order valence-electron chi connectivity index (χ3n) is 7.40. The third kappa shape index (κ3) is 5.65. The number of hydrogen-bond donors (Lipinski definition) is 2. The van der Waals surface area contributed by atoms with Gasteiger partial charge in [0.15, 0.2) is 10.4 Å². The zero-order chi connectivity index (χ0) is 30.5. The number of aliphatic hydroxyl groups is 1. The normalized spacial score (nSPS) is 19.4. The van der Waals surface area contributed by atoms with Gasteiger partial charge in [0.25, 0.3) is 18.2 Å². The van der Waals surface area contributed by atoms with Gasteiger partial charge < -0.3 is 20.1 Å². The first kappa shape index (κ1) is 31.1. The van der Waals surface area contributed by atoms with Gasteiger partial charge in [-0.25, -0.2) is 13.8 Å². The minimum Gasteiger partial charge on any atom is -0.383 e. The number of aromatic nitrogens is 1. The fourth-order valence-electron chi connectivity index (χ4n) is 4.63. The van der Waals surface area contributed by atoms with E-state index in [4.69, 9.17) is 4.74 Å². The molecule has 0 radical (unpaired) electrons. The van der Waals surface area contributed by atoms with Crippen LogP contribution in [0.5, 0.6) is 0 Å². The predicted octanol–water partition coefficient (Wildman–Crippen LogP) is 5.25. The largest absolute Gasteiger partial charge is 0.406 e. The van der Waals surface area contributed by atoms with Crippen LogP contribution in [0, 0.1) is 0 Å². The van der Waals surface area contributed by atoms with Crippen molar-refractivity contribution in [2.45, 2.75) is 62.5 Å². The number of carbonyl (C=O) groups excluding carboxylic acids is 2. The van der Waals surface area contributed by atoms with Crippen molar-refractivity contribution < 1.29 is 54.6 Å². The maximum atomic E-state index is 14.2. The number of carbonyl (C=O) groups is 2. The summed E-state index contributed by atoms with van der Waals surface area (Å²) >= 11 is 0.480. The van der Waals surface area contributed by atoms with Crippen LogP contribution in [0.1, 0.15) is 64.5 Å². The van der Waals surface area contributed by atoms with Gasteiger partial charge in [0.1, 0.15) is 11.3 Å². The van der Waals surface area contributed by atoms with E-state index in [0.29, 0.717) is 42.9 Å². The Morgan fingerprint density at radius 2 is 1.83 bits per heavy atom. The number of likely N-dealkylation sites (tertiary alicyclic amines) is 1. The number of benzene rings is 1. The molecule has 1 atom stereocenters. The number of amides is 2. The van der Waals surface area contributed by atoms with E-state index in [2.05, 4.69) is 10.3 Å². The van der Waals surface area contributed by atoms with E-state index in [9.17, 15) is 49.8 Å². The fraction of sp³-hybridized carbons (Fsp3) is 0.560. The fourth-order valence-corrected chi connectivity index (χ4v) is 5.65. The topological polar surface area (TPSA) is 91.8 Å². The molecule has 0 spiro atoms. The molecular weight excluding hydrogens is 590 g/mol. The van der Waals surface area contributed by atoms with E-state index in [1.165, 1.54) is 4.90 Å². The van der Waals surface area contributed by atoms with Crippen LogP contribution >= 0.6 is 11.3 Å². The Morgan fingerprint density at radius 1 is 1.20 bits per heavy atom. The van der Waals surface area contributed by atoms with Gasteiger partial charge in [-0.1, -0.05) is 12.1 Å². The zero-order valence-corrected chi connectivity index (χ0v) is 22.4. The monoisotopic (exact) mass is 615 g/mol. The first-order valence-corrected chi connectivity index (χ1v) is 13.2. The van der Waals surface area contributed by atoms with Crippen molar-refractivity contribution in [3.8, 4) is 10.4 Å². The quantitative estimate of drug-likeness (QED) is 0.416. The van der Waals surface area contributed by atoms with Gasteiger partial charge in [-0.3, -0.25) is 9.59 Å². The number of ether oxygens (including phenoxy) is 1. The van der Waals surface area contributed by atoms with E-state index in [-0.39, 0.29) is 48.7 Å². The Labute approximate surface area is 232 Å². The lowest BCUT2D eigenvalue weighted by Gasteiger charge is -2.36. The minimum absolute atomic E-state index is 0.0498. The van der Waals surface area contributed by atoms with Crippen LogP contribution in [0.2, 0.25) is 0 Å². The van der Waals surface area contributed by atoms with Crippen molar-refractivity contribution in [1.82, 2.24) is 15.2 Å². The van der Waals surface area contributed by atoms with Crippen molar-refractivity contribution in [3.63, 3.8) is 0 Å². The van der Waals surface area contributed by atoms with E-state index < -0.39 is 64.0 Å². The highest BCUT2D eigenvalue weighted by Gasteiger charge is 2.68. The average molecular weight is 616 g/mol. The summed E-state index contributed by atoms with van der Waals surface area (Å²) in [5.41, 5.74) is -9.42. The number of nitrogens with zero attached hydrogens (tertiary/aromatic N) is 2. The maximum Gasteiger partial charge on any atom is 0.406 e. The second-order valence-corrected chi connectivity index (χ2v) is 11.3. The molecule has 4 rings (SSSR count). The molecule has 0 unspecified atom stereocenters. The van der Waals surface area contributed by atoms with Gasteiger partial charge in [0.2, 0.25) is 0 Å². The molecule has 1 aromatic carbocycles. The van der Waals surface area contributed by atoms with E-state index >= 15 is 0 Å². The lowest BCUT2D eigenvalue weighted by Crippen LogP contribution is -2.56. The molecule has 2 aliphatic heterocycles. The van der Waals surface area contributed by atoms with Gasteiger partial charge in [-0.2, -0.15) is 26.3 Å². The highest BCUT2D eigenvalue weighted by atomic mass is 32.1. The molecule has 2 amide bonds. The summed E-state index contributed by atoms with van der Waals surface area (Å²) in [5, 5.41) is 12.2. The van der Waals surface area contributed by atoms with Gasteiger partial charge >= 0.3 is 12.4 Å². The molecule has 2 fully saturated rings. The molecule has 3 heterocycles. The standard InChI is InChI=1S/C25H25F8N3O4S/c1-12-4-3-7-36(12)21(38)16-17(41-20(35-16)19(37)34-9-23(39)10-40-11-23)14-6-5-13(8-15(14)18(26)27)22(2,24(28,29)30)25(31,32)33/h5-6,8,12,18,39H,3-4,7,9-11H2,1-2H3,(H,34,37)/t12-/m0/s1. The Morgan fingerprint density at radius 3 is 2.32 bits per heavy atom. The van der Waals surface area contributed by atoms with E-state index in [1.54, 1.807) is 6.92 Å². The number of hydrogen-bond acceptors (Lipinski definition) is 6. The van der Waals surface area contributed by atoms with Crippen LogP contribution in [-0.2, 0) is 10.2 Å². The Hall–Kier alpha value is -2.85. The molecule has 2 aromatic rings. The summed E-state index contributed by atoms with van der Waals surface area (Å²) in [6.45, 7) is 1.54. The Balaban J connectivity index is 1.83. The SMILES string of the molecule is C[C@H]1CCCN1C(=O)c1nc(C(=O)NCC2(O)COC2)sc1-c1ccc(C(C)(C(F)(F)F)C(F)(F)F)cc1C(F)F. The van der Waals surface area contributed by atoms with Crippen molar-refractivity contribution in [1.29, 1.82) is 0 Å². The van der Waals surface area contributed by atoms with Crippen molar-refractivity contribution in [3.05, 3.63) is 40.0 Å². The van der Waals surface area contributed by atoms with Gasteiger partial charge in [0, 0.05) is 23.7 Å². The highest BCUT2D eigenvalue weighted by molar-refractivity contribution is 7.17. The van der Waals surface area contributed by atoms with Crippen molar-refractivity contribution in [2.75, 3.05) is 26.3 Å². The number of thiazole rings is 1. The molecular formula is C25H25F8N3O4S. The molecule has 7 nitrogen and oxygen atoms in total. The van der Waals surface area contributed by atoms with Crippen LogP contribution < -0.4 is 5.32 Å². The molecule has 0 bridgehead atoms. The number of nitrogens with one attached hydrogen (secondary N) is 1. The summed E-state index contributed by atoms with van der Waals surface area (Å²) in [5.74, 6) is -1.60. The second kappa shape index (κ2) is 10.8. The summed E-state index contributed by atoms with van der Waals surface area (Å²) in [6.07, 6.45) is -14.0. The number of alkyl halides is 8. The van der Waals surface area contributed by atoms with Crippen molar-refractivity contribution >= 4 is 23.2 Å². The average Bonchev–Trinajstić information content (AvgIpc) is 3.50. The first-order chi connectivity index (χ1) is 18.9. The lowest BCUT2D eigenvalue weighted by atomic mass is 9.79. The molecule has 1 aromatic heterocycles. The lowest BCUT2D eigenvalue weighted by molar-refractivity contribution is -0.297. The van der Waals surface area contributed by atoms with Crippen molar-refractivity contribution in [2.24, 2.45) is 0 Å². The first-order valence-electron chi connectivity index (χ1n) is 12.4. The molecule has 2 aliphatic rings. The number of rotatable bonds is 7. The Bertz CT molecular complexity index is 1310. The summed E-state index contributed by atoms with van der Waals surface area (Å²) < 4.78 is 115. The zero-order valence-electron chi connectivity index (χ0n) is 21.6. The van der Waals surface area contributed by atoms with E-state index in [1.807, 2.05) is 0 Å². The molecule has 0 aliphatic carbocycles. The van der Waals surface area contributed by atoms with Crippen LogP contribution in [-0.4, -0.2) is 77.1 Å². The molecule has 226 valence electrons. The van der Waals surface area contributed by atoms with Gasteiger partial charge in [0.05, 0.1) is 24.6 Å². The van der Waals surface area contributed by atoms with Gasteiger partial charge in [-0.05, 0) is 38.3 Å². The van der Waals surface area contributed by atoms with Crippen LogP contribution in [0.25, 0.3) is 10.4 Å². The molecule has 2 N–H and O–H groups in total. The van der Waals surface area contributed by atoms with Crippen LogP contribution in [0.4, 0.5) is 35.1 Å². The predicted molar refractivity (Wildman–Crippen MR) is 130 cm³/mol. The third-order valence-corrected chi connectivity index (χ3v) is 8.49. The molecule has 41 heavy (non-hydrogen) atoms. The number of halogens is 8. The van der Waals surface area contributed by atoms with Crippen LogP contribution in [0.15, 0.2) is 18.2 Å². The smallest absolute Gasteiger partial charge is 0.383 e. The summed E-state index contributed by atoms with van der Waals surface area (Å²) in [7, 11) is 0.